The molecular weight excluding hydrogens is 256 g/mol. The third-order valence-electron chi connectivity index (χ3n) is 4.36. The van der Waals surface area contributed by atoms with Gasteiger partial charge in [0.15, 0.2) is 0 Å². The third-order valence-corrected chi connectivity index (χ3v) is 4.36. The highest BCUT2D eigenvalue weighted by Crippen LogP contribution is 2.32. The van der Waals surface area contributed by atoms with Gasteiger partial charge in [-0.2, -0.15) is 0 Å². The molecule has 1 fully saturated rings. The molecular formula is C15H26N2O3. The van der Waals surface area contributed by atoms with Crippen LogP contribution in [0.2, 0.25) is 0 Å². The average Bonchev–Trinajstić information content (AvgIpc) is 2.49. The summed E-state index contributed by atoms with van der Waals surface area (Å²) in [4.78, 5) is 14.9. The van der Waals surface area contributed by atoms with Gasteiger partial charge < -0.3 is 19.7 Å². The molecule has 0 aromatic rings. The van der Waals surface area contributed by atoms with Crippen molar-refractivity contribution >= 4 is 5.91 Å². The van der Waals surface area contributed by atoms with Crippen molar-refractivity contribution < 1.29 is 14.3 Å². The minimum absolute atomic E-state index is 0.258. The van der Waals surface area contributed by atoms with Crippen molar-refractivity contribution in [2.75, 3.05) is 53.6 Å². The lowest BCUT2D eigenvalue weighted by Gasteiger charge is -2.40. The zero-order valence-corrected chi connectivity index (χ0v) is 12.6. The van der Waals surface area contributed by atoms with E-state index in [1.165, 1.54) is 5.57 Å². The van der Waals surface area contributed by atoms with E-state index in [9.17, 15) is 4.79 Å². The number of methoxy groups -OCH3 is 2. The fourth-order valence-electron chi connectivity index (χ4n) is 3.15. The first kappa shape index (κ1) is 15.5. The molecule has 114 valence electrons. The van der Waals surface area contributed by atoms with Crippen molar-refractivity contribution in [3.8, 4) is 0 Å². The number of carbonyl (C=O) groups excluding carboxylic acids is 1. The van der Waals surface area contributed by atoms with Gasteiger partial charge in [0.1, 0.15) is 0 Å². The molecule has 1 saturated heterocycles. The van der Waals surface area contributed by atoms with Crippen LogP contribution in [-0.2, 0) is 14.3 Å². The van der Waals surface area contributed by atoms with Crippen molar-refractivity contribution in [3.05, 3.63) is 11.6 Å². The molecule has 2 aliphatic rings. The molecule has 2 heterocycles. The number of piperidine rings is 1. The topological polar surface area (TPSA) is 50.8 Å². The molecule has 0 saturated carbocycles. The number of nitrogens with zero attached hydrogens (tertiary/aromatic N) is 1. The largest absolute Gasteiger partial charge is 0.384 e. The van der Waals surface area contributed by atoms with Crippen LogP contribution in [0.3, 0.4) is 0 Å². The summed E-state index contributed by atoms with van der Waals surface area (Å²) in [5.74, 6) is 0.258. The number of hydrogen-bond donors (Lipinski definition) is 1. The van der Waals surface area contributed by atoms with E-state index in [0.29, 0.717) is 19.8 Å². The predicted molar refractivity (Wildman–Crippen MR) is 77.6 cm³/mol. The van der Waals surface area contributed by atoms with Crippen LogP contribution in [0.15, 0.2) is 11.6 Å². The highest BCUT2D eigenvalue weighted by Gasteiger charge is 2.42. The summed E-state index contributed by atoms with van der Waals surface area (Å²) >= 11 is 0. The van der Waals surface area contributed by atoms with Crippen LogP contribution in [0.5, 0.6) is 0 Å². The average molecular weight is 282 g/mol. The van der Waals surface area contributed by atoms with Gasteiger partial charge in [0.25, 0.3) is 0 Å². The van der Waals surface area contributed by atoms with Gasteiger partial charge in [-0.05, 0) is 37.9 Å². The maximum absolute atomic E-state index is 12.9. The Balaban J connectivity index is 2.02. The van der Waals surface area contributed by atoms with E-state index in [1.807, 2.05) is 4.90 Å². The summed E-state index contributed by atoms with van der Waals surface area (Å²) in [6.45, 7) is 4.50. The maximum Gasteiger partial charge on any atom is 0.231 e. The normalized spacial score (nSPS) is 22.5. The molecule has 0 radical (unpaired) electrons. The van der Waals surface area contributed by atoms with Crippen LogP contribution >= 0.6 is 0 Å². The Hall–Kier alpha value is -0.910. The Kier molecular flexibility index (Phi) is 5.57. The van der Waals surface area contributed by atoms with E-state index in [2.05, 4.69) is 11.4 Å². The first-order valence-electron chi connectivity index (χ1n) is 7.38. The van der Waals surface area contributed by atoms with E-state index in [0.717, 1.165) is 38.9 Å². The van der Waals surface area contributed by atoms with E-state index in [-0.39, 0.29) is 11.3 Å². The number of amides is 1. The van der Waals surface area contributed by atoms with Gasteiger partial charge >= 0.3 is 0 Å². The monoisotopic (exact) mass is 282 g/mol. The van der Waals surface area contributed by atoms with E-state index >= 15 is 0 Å². The number of rotatable bonds is 5. The van der Waals surface area contributed by atoms with Gasteiger partial charge in [-0.3, -0.25) is 4.79 Å². The van der Waals surface area contributed by atoms with Crippen LogP contribution in [-0.4, -0.2) is 64.4 Å². The molecule has 0 bridgehead atoms. The van der Waals surface area contributed by atoms with Crippen LogP contribution in [0.1, 0.15) is 19.3 Å². The van der Waals surface area contributed by atoms with Crippen LogP contribution in [0, 0.1) is 5.41 Å². The standard InChI is InChI=1S/C15H26N2O3/c1-19-11-13-3-9-17(10-4-13)14(18)15(12-20-2)5-7-16-8-6-15/h3,16H,4-12H2,1-2H3. The first-order chi connectivity index (χ1) is 9.72. The predicted octanol–water partition coefficient (Wildman–Crippen LogP) is 0.808. The summed E-state index contributed by atoms with van der Waals surface area (Å²) in [7, 11) is 3.39. The molecule has 5 nitrogen and oxygen atoms in total. The van der Waals surface area contributed by atoms with E-state index in [1.54, 1.807) is 14.2 Å². The van der Waals surface area contributed by atoms with Crippen molar-refractivity contribution in [2.45, 2.75) is 19.3 Å². The van der Waals surface area contributed by atoms with Gasteiger partial charge in [0, 0.05) is 27.3 Å². The van der Waals surface area contributed by atoms with Crippen molar-refractivity contribution in [2.24, 2.45) is 5.41 Å². The van der Waals surface area contributed by atoms with E-state index in [4.69, 9.17) is 9.47 Å². The van der Waals surface area contributed by atoms with Crippen LogP contribution in [0.4, 0.5) is 0 Å². The Morgan fingerprint density at radius 1 is 1.35 bits per heavy atom. The van der Waals surface area contributed by atoms with Crippen molar-refractivity contribution in [1.82, 2.24) is 10.2 Å². The van der Waals surface area contributed by atoms with Crippen LogP contribution < -0.4 is 5.32 Å². The van der Waals surface area contributed by atoms with Gasteiger partial charge in [-0.25, -0.2) is 0 Å². The Bertz CT molecular complexity index is 357. The second-order valence-corrected chi connectivity index (χ2v) is 5.76. The molecule has 0 spiro atoms. The quantitative estimate of drug-likeness (QED) is 0.758. The Labute approximate surface area is 121 Å². The zero-order valence-electron chi connectivity index (χ0n) is 12.6. The number of ether oxygens (including phenoxy) is 2. The summed E-state index contributed by atoms with van der Waals surface area (Å²) < 4.78 is 10.5. The molecule has 0 aromatic carbocycles. The first-order valence-corrected chi connectivity index (χ1v) is 7.38. The fraction of sp³-hybridized carbons (Fsp3) is 0.800. The zero-order chi connectivity index (χ0) is 14.4. The molecule has 1 amide bonds. The lowest BCUT2D eigenvalue weighted by molar-refractivity contribution is -0.147. The molecule has 0 aromatic heterocycles. The second-order valence-electron chi connectivity index (χ2n) is 5.76. The molecule has 0 unspecified atom stereocenters. The maximum atomic E-state index is 12.9. The second kappa shape index (κ2) is 7.20. The van der Waals surface area contributed by atoms with Gasteiger partial charge in [0.05, 0.1) is 18.6 Å². The fourth-order valence-corrected chi connectivity index (χ4v) is 3.15. The molecule has 20 heavy (non-hydrogen) atoms. The van der Waals surface area contributed by atoms with E-state index < -0.39 is 0 Å². The minimum atomic E-state index is -0.327. The summed E-state index contributed by atoms with van der Waals surface area (Å²) in [5.41, 5.74) is 0.967. The summed E-state index contributed by atoms with van der Waals surface area (Å²) in [6.07, 6.45) is 4.78. The molecule has 5 heteroatoms. The summed E-state index contributed by atoms with van der Waals surface area (Å²) in [6, 6.07) is 0. The number of hydrogen-bond acceptors (Lipinski definition) is 4. The number of nitrogens with one attached hydrogen (secondary N) is 1. The lowest BCUT2D eigenvalue weighted by atomic mass is 9.78. The highest BCUT2D eigenvalue weighted by atomic mass is 16.5. The number of carbonyl (C=O) groups is 1. The molecule has 1 N–H and O–H groups in total. The smallest absolute Gasteiger partial charge is 0.231 e. The molecule has 0 aliphatic carbocycles. The Morgan fingerprint density at radius 2 is 2.10 bits per heavy atom. The minimum Gasteiger partial charge on any atom is -0.384 e. The van der Waals surface area contributed by atoms with Crippen LogP contribution in [0.25, 0.3) is 0 Å². The van der Waals surface area contributed by atoms with Crippen molar-refractivity contribution in [3.63, 3.8) is 0 Å². The summed E-state index contributed by atoms with van der Waals surface area (Å²) in [5, 5.41) is 3.32. The molecule has 0 atom stereocenters. The lowest BCUT2D eigenvalue weighted by Crippen LogP contribution is -2.52. The molecule has 2 rings (SSSR count). The van der Waals surface area contributed by atoms with Gasteiger partial charge in [0.2, 0.25) is 5.91 Å². The third kappa shape index (κ3) is 3.40. The van der Waals surface area contributed by atoms with Gasteiger partial charge in [-0.15, -0.1) is 0 Å². The van der Waals surface area contributed by atoms with Crippen molar-refractivity contribution in [1.29, 1.82) is 0 Å². The molecule has 2 aliphatic heterocycles. The van der Waals surface area contributed by atoms with Gasteiger partial charge in [-0.1, -0.05) is 6.08 Å². The highest BCUT2D eigenvalue weighted by molar-refractivity contribution is 5.83. The Morgan fingerprint density at radius 3 is 2.65 bits per heavy atom. The SMILES string of the molecule is COCC1=CCN(C(=O)C2(COC)CCNCC2)CC1.